The van der Waals surface area contributed by atoms with Crippen LogP contribution >= 0.6 is 0 Å². The second-order valence-electron chi connectivity index (χ2n) is 7.68. The van der Waals surface area contributed by atoms with Crippen LogP contribution in [0.15, 0.2) is 78.9 Å². The van der Waals surface area contributed by atoms with Gasteiger partial charge < -0.3 is 10.6 Å². The van der Waals surface area contributed by atoms with Gasteiger partial charge in [-0.25, -0.2) is 0 Å². The first-order chi connectivity index (χ1) is 13.3. The number of nitrogens with one attached hydrogen (secondary N) is 2. The van der Waals surface area contributed by atoms with Crippen LogP contribution < -0.4 is 10.6 Å². The van der Waals surface area contributed by atoms with Gasteiger partial charge in [0.1, 0.15) is 0 Å². The average Bonchev–Trinajstić information content (AvgIpc) is 2.68. The van der Waals surface area contributed by atoms with Gasteiger partial charge in [0.2, 0.25) is 0 Å². The van der Waals surface area contributed by atoms with Gasteiger partial charge in [0.15, 0.2) is 0 Å². The second-order valence-corrected chi connectivity index (χ2v) is 7.68. The van der Waals surface area contributed by atoms with Crippen molar-refractivity contribution < 1.29 is 9.59 Å². The largest absolute Gasteiger partial charge is 0.322 e. The zero-order valence-electron chi connectivity index (χ0n) is 16.3. The number of hydrogen-bond acceptors (Lipinski definition) is 2. The van der Waals surface area contributed by atoms with E-state index in [0.29, 0.717) is 16.8 Å². The molecule has 0 aliphatic carbocycles. The lowest BCUT2D eigenvalue weighted by atomic mass is 9.87. The SMILES string of the molecule is CC(C)(C)c1ccc(C(=O)Nc2cccc(C(=O)Nc3ccccc3)c2)cc1. The number of carbonyl (C=O) groups excluding carboxylic acids is 2. The maximum absolute atomic E-state index is 12.5. The van der Waals surface area contributed by atoms with E-state index in [1.165, 1.54) is 5.56 Å². The predicted molar refractivity (Wildman–Crippen MR) is 114 cm³/mol. The number of anilines is 2. The molecule has 0 aliphatic heterocycles. The second kappa shape index (κ2) is 8.09. The summed E-state index contributed by atoms with van der Waals surface area (Å²) in [6.45, 7) is 6.40. The number of hydrogen-bond donors (Lipinski definition) is 2. The van der Waals surface area contributed by atoms with Crippen LogP contribution in [0.4, 0.5) is 11.4 Å². The van der Waals surface area contributed by atoms with Crippen molar-refractivity contribution in [2.24, 2.45) is 0 Å². The van der Waals surface area contributed by atoms with Gasteiger partial charge >= 0.3 is 0 Å². The topological polar surface area (TPSA) is 58.2 Å². The number of carbonyl (C=O) groups is 2. The highest BCUT2D eigenvalue weighted by atomic mass is 16.2. The van der Waals surface area contributed by atoms with E-state index >= 15 is 0 Å². The molecule has 0 saturated carbocycles. The maximum Gasteiger partial charge on any atom is 0.255 e. The van der Waals surface area contributed by atoms with Gasteiger partial charge in [0, 0.05) is 22.5 Å². The van der Waals surface area contributed by atoms with E-state index in [2.05, 4.69) is 31.4 Å². The van der Waals surface area contributed by atoms with E-state index in [9.17, 15) is 9.59 Å². The summed E-state index contributed by atoms with van der Waals surface area (Å²) in [7, 11) is 0. The van der Waals surface area contributed by atoms with Crippen molar-refractivity contribution in [2.45, 2.75) is 26.2 Å². The monoisotopic (exact) mass is 372 g/mol. The van der Waals surface area contributed by atoms with Crippen molar-refractivity contribution in [1.29, 1.82) is 0 Å². The van der Waals surface area contributed by atoms with Crippen molar-refractivity contribution in [2.75, 3.05) is 10.6 Å². The molecular weight excluding hydrogens is 348 g/mol. The van der Waals surface area contributed by atoms with Crippen LogP contribution in [0.2, 0.25) is 0 Å². The highest BCUT2D eigenvalue weighted by Crippen LogP contribution is 2.22. The summed E-state index contributed by atoms with van der Waals surface area (Å²) in [6, 6.07) is 23.7. The molecule has 0 saturated heterocycles. The first kappa shape index (κ1) is 19.4. The Morgan fingerprint density at radius 3 is 1.86 bits per heavy atom. The van der Waals surface area contributed by atoms with Gasteiger partial charge in [-0.2, -0.15) is 0 Å². The average molecular weight is 372 g/mol. The Morgan fingerprint density at radius 1 is 0.643 bits per heavy atom. The van der Waals surface area contributed by atoms with Crippen LogP contribution in [0.5, 0.6) is 0 Å². The molecule has 0 heterocycles. The van der Waals surface area contributed by atoms with Crippen molar-refractivity contribution in [3.8, 4) is 0 Å². The summed E-state index contributed by atoms with van der Waals surface area (Å²) in [5.41, 5.74) is 3.56. The molecule has 0 atom stereocenters. The zero-order chi connectivity index (χ0) is 20.1. The number of rotatable bonds is 4. The van der Waals surface area contributed by atoms with E-state index in [4.69, 9.17) is 0 Å². The molecule has 0 radical (unpaired) electrons. The molecule has 0 aromatic heterocycles. The van der Waals surface area contributed by atoms with Crippen LogP contribution in [0.3, 0.4) is 0 Å². The fourth-order valence-electron chi connectivity index (χ4n) is 2.79. The van der Waals surface area contributed by atoms with Gasteiger partial charge in [-0.05, 0) is 53.4 Å². The summed E-state index contributed by atoms with van der Waals surface area (Å²) < 4.78 is 0. The summed E-state index contributed by atoms with van der Waals surface area (Å²) in [4.78, 5) is 25.0. The molecule has 2 amide bonds. The van der Waals surface area contributed by atoms with Crippen molar-refractivity contribution in [3.05, 3.63) is 95.6 Å². The zero-order valence-corrected chi connectivity index (χ0v) is 16.3. The van der Waals surface area contributed by atoms with E-state index in [1.54, 1.807) is 24.3 Å². The normalized spacial score (nSPS) is 11.0. The standard InChI is InChI=1S/C24H24N2O2/c1-24(2,3)19-14-12-17(13-15-19)22(27)26-21-11-7-8-18(16-21)23(28)25-20-9-5-4-6-10-20/h4-16H,1-3H3,(H,25,28)(H,26,27). The maximum atomic E-state index is 12.5. The van der Waals surface area contributed by atoms with Crippen LogP contribution in [-0.2, 0) is 5.41 Å². The molecule has 28 heavy (non-hydrogen) atoms. The Hall–Kier alpha value is -3.40. The van der Waals surface area contributed by atoms with Gasteiger partial charge in [0.25, 0.3) is 11.8 Å². The Balaban J connectivity index is 1.70. The van der Waals surface area contributed by atoms with Crippen LogP contribution in [0, 0.1) is 0 Å². The Labute approximate surface area is 165 Å². The third-order valence-electron chi connectivity index (χ3n) is 4.43. The first-order valence-corrected chi connectivity index (χ1v) is 9.21. The fourth-order valence-corrected chi connectivity index (χ4v) is 2.79. The lowest BCUT2D eigenvalue weighted by Gasteiger charge is -2.19. The van der Waals surface area contributed by atoms with Crippen molar-refractivity contribution >= 4 is 23.2 Å². The molecule has 0 aliphatic rings. The Bertz CT molecular complexity index is 971. The van der Waals surface area contributed by atoms with Gasteiger partial charge in [-0.15, -0.1) is 0 Å². The lowest BCUT2D eigenvalue weighted by Crippen LogP contribution is -2.15. The van der Waals surface area contributed by atoms with Gasteiger partial charge in [-0.3, -0.25) is 9.59 Å². The molecule has 142 valence electrons. The smallest absolute Gasteiger partial charge is 0.255 e. The van der Waals surface area contributed by atoms with Crippen molar-refractivity contribution in [3.63, 3.8) is 0 Å². The highest BCUT2D eigenvalue weighted by molar-refractivity contribution is 6.07. The van der Waals surface area contributed by atoms with Crippen LogP contribution in [0.1, 0.15) is 47.1 Å². The van der Waals surface area contributed by atoms with Gasteiger partial charge in [0.05, 0.1) is 0 Å². The van der Waals surface area contributed by atoms with E-state index < -0.39 is 0 Å². The minimum atomic E-state index is -0.225. The van der Waals surface area contributed by atoms with Crippen molar-refractivity contribution in [1.82, 2.24) is 0 Å². The van der Waals surface area contributed by atoms with Gasteiger partial charge in [-0.1, -0.05) is 57.2 Å². The van der Waals surface area contributed by atoms with E-state index in [1.807, 2.05) is 54.6 Å². The van der Waals surface area contributed by atoms with Crippen LogP contribution in [0.25, 0.3) is 0 Å². The first-order valence-electron chi connectivity index (χ1n) is 9.21. The summed E-state index contributed by atoms with van der Waals surface area (Å²) in [5.74, 6) is -0.432. The van der Waals surface area contributed by atoms with E-state index in [-0.39, 0.29) is 17.2 Å². The Kier molecular flexibility index (Phi) is 5.59. The molecule has 0 bridgehead atoms. The van der Waals surface area contributed by atoms with E-state index in [0.717, 1.165) is 5.69 Å². The summed E-state index contributed by atoms with van der Waals surface area (Å²) in [6.07, 6.45) is 0. The minimum Gasteiger partial charge on any atom is -0.322 e. The third kappa shape index (κ3) is 4.86. The Morgan fingerprint density at radius 2 is 1.21 bits per heavy atom. The molecule has 0 unspecified atom stereocenters. The molecule has 0 spiro atoms. The lowest BCUT2D eigenvalue weighted by molar-refractivity contribution is 0.101. The molecule has 3 rings (SSSR count). The minimum absolute atomic E-state index is 0.0372. The third-order valence-corrected chi connectivity index (χ3v) is 4.43. The molecular formula is C24H24N2O2. The number of amides is 2. The fraction of sp³-hybridized carbons (Fsp3) is 0.167. The quantitative estimate of drug-likeness (QED) is 0.636. The summed E-state index contributed by atoms with van der Waals surface area (Å²) >= 11 is 0. The molecule has 4 nitrogen and oxygen atoms in total. The number of para-hydroxylation sites is 1. The predicted octanol–water partition coefficient (Wildman–Crippen LogP) is 5.49. The molecule has 4 heteroatoms. The molecule has 0 fully saturated rings. The molecule has 3 aromatic rings. The highest BCUT2D eigenvalue weighted by Gasteiger charge is 2.15. The molecule has 3 aromatic carbocycles. The summed E-state index contributed by atoms with van der Waals surface area (Å²) in [5, 5.41) is 5.70. The number of benzene rings is 3. The van der Waals surface area contributed by atoms with Crippen LogP contribution in [-0.4, -0.2) is 11.8 Å². The molecule has 2 N–H and O–H groups in total.